The molecule has 0 N–H and O–H groups in total. The Morgan fingerprint density at radius 3 is 2.49 bits per heavy atom. The van der Waals surface area contributed by atoms with Crippen LogP contribution in [-0.4, -0.2) is 81.2 Å². The van der Waals surface area contributed by atoms with Crippen molar-refractivity contribution in [2.45, 2.75) is 24.4 Å². The molecule has 3 heterocycles. The Morgan fingerprint density at radius 2 is 1.72 bits per heavy atom. The lowest BCUT2D eigenvalue weighted by Crippen LogP contribution is -2.44. The lowest BCUT2D eigenvalue weighted by Gasteiger charge is -2.29. The Kier molecular flexibility index (Phi) is 8.82. The quantitative estimate of drug-likeness (QED) is 0.336. The first-order valence-corrected chi connectivity index (χ1v) is 14.5. The molecule has 0 radical (unpaired) electrons. The van der Waals surface area contributed by atoms with Gasteiger partial charge in [0.05, 0.1) is 37.5 Å². The standard InChI is InChI=1S/C28H33N3O7S/c32-28(30(20-24-6-4-15-36-24)19-23-9-10-26-27(18-23)38-22-37-26)21-31(12-5-11-29-13-16-35-17-14-29)39(33,34)25-7-2-1-3-8-25/h1-4,6-10,15,18H,5,11-14,16-17,19-22H2. The van der Waals surface area contributed by atoms with Gasteiger partial charge in [0.15, 0.2) is 11.5 Å². The molecule has 39 heavy (non-hydrogen) atoms. The van der Waals surface area contributed by atoms with Crippen molar-refractivity contribution < 1.29 is 31.8 Å². The maximum atomic E-state index is 13.8. The molecule has 2 aromatic carbocycles. The monoisotopic (exact) mass is 555 g/mol. The maximum absolute atomic E-state index is 13.8. The van der Waals surface area contributed by atoms with Crippen LogP contribution in [0.3, 0.4) is 0 Å². The highest BCUT2D eigenvalue weighted by atomic mass is 32.2. The van der Waals surface area contributed by atoms with Crippen LogP contribution in [0.25, 0.3) is 0 Å². The number of benzene rings is 2. The molecule has 0 atom stereocenters. The minimum absolute atomic E-state index is 0.157. The van der Waals surface area contributed by atoms with Crippen LogP contribution < -0.4 is 9.47 Å². The second-order valence-corrected chi connectivity index (χ2v) is 11.4. The number of rotatable bonds is 12. The molecular formula is C28H33N3O7S. The molecule has 2 aliphatic heterocycles. The highest BCUT2D eigenvalue weighted by Crippen LogP contribution is 2.33. The summed E-state index contributed by atoms with van der Waals surface area (Å²) in [6.07, 6.45) is 2.15. The lowest BCUT2D eigenvalue weighted by molar-refractivity contribution is -0.133. The summed E-state index contributed by atoms with van der Waals surface area (Å²) >= 11 is 0. The van der Waals surface area contributed by atoms with Gasteiger partial charge < -0.3 is 23.5 Å². The van der Waals surface area contributed by atoms with Crippen molar-refractivity contribution in [3.05, 3.63) is 78.3 Å². The number of sulfonamides is 1. The van der Waals surface area contributed by atoms with Gasteiger partial charge in [0, 0.05) is 26.2 Å². The minimum atomic E-state index is -3.89. The Bertz CT molecular complexity index is 1330. The van der Waals surface area contributed by atoms with Gasteiger partial charge in [0.25, 0.3) is 0 Å². The van der Waals surface area contributed by atoms with Crippen LogP contribution in [0.1, 0.15) is 17.7 Å². The minimum Gasteiger partial charge on any atom is -0.467 e. The smallest absolute Gasteiger partial charge is 0.243 e. The molecule has 11 heteroatoms. The van der Waals surface area contributed by atoms with Gasteiger partial charge in [-0.2, -0.15) is 4.31 Å². The third-order valence-electron chi connectivity index (χ3n) is 6.77. The molecule has 5 rings (SSSR count). The van der Waals surface area contributed by atoms with E-state index in [1.165, 1.54) is 4.31 Å². The topological polar surface area (TPSA) is 102 Å². The number of hydrogen-bond acceptors (Lipinski definition) is 8. The average molecular weight is 556 g/mol. The highest BCUT2D eigenvalue weighted by molar-refractivity contribution is 7.89. The third-order valence-corrected chi connectivity index (χ3v) is 8.63. The second-order valence-electron chi connectivity index (χ2n) is 9.48. The fraction of sp³-hybridized carbons (Fsp3) is 0.393. The molecule has 208 valence electrons. The molecule has 0 spiro atoms. The van der Waals surface area contributed by atoms with E-state index in [4.69, 9.17) is 18.6 Å². The molecule has 1 saturated heterocycles. The number of morpholine rings is 1. The molecule has 0 bridgehead atoms. The summed E-state index contributed by atoms with van der Waals surface area (Å²) < 4.78 is 50.4. The first kappa shape index (κ1) is 27.2. The zero-order valence-electron chi connectivity index (χ0n) is 21.7. The second kappa shape index (κ2) is 12.6. The number of ether oxygens (including phenoxy) is 3. The van der Waals surface area contributed by atoms with Gasteiger partial charge in [0.2, 0.25) is 22.7 Å². The van der Waals surface area contributed by atoms with Gasteiger partial charge >= 0.3 is 0 Å². The molecule has 1 amide bonds. The Hall–Kier alpha value is -3.38. The fourth-order valence-electron chi connectivity index (χ4n) is 4.65. The normalized spacial score (nSPS) is 15.5. The van der Waals surface area contributed by atoms with Crippen LogP contribution in [-0.2, 0) is 32.6 Å². The van der Waals surface area contributed by atoms with Crippen molar-refractivity contribution in [3.8, 4) is 11.5 Å². The fourth-order valence-corrected chi connectivity index (χ4v) is 6.10. The van der Waals surface area contributed by atoms with Crippen molar-refractivity contribution in [3.63, 3.8) is 0 Å². The average Bonchev–Trinajstić information content (AvgIpc) is 3.65. The SMILES string of the molecule is O=C(CN(CCCN1CCOCC1)S(=O)(=O)c1ccccc1)N(Cc1ccc2c(c1)OCO2)Cc1ccco1. The van der Waals surface area contributed by atoms with E-state index in [-0.39, 0.29) is 43.8 Å². The molecule has 0 unspecified atom stereocenters. The van der Waals surface area contributed by atoms with Gasteiger partial charge in [-0.3, -0.25) is 9.69 Å². The van der Waals surface area contributed by atoms with Crippen LogP contribution in [0.2, 0.25) is 0 Å². The predicted octanol–water partition coefficient (Wildman–Crippen LogP) is 2.95. The van der Waals surface area contributed by atoms with Gasteiger partial charge in [-0.1, -0.05) is 24.3 Å². The molecule has 0 saturated carbocycles. The Labute approximate surface area is 228 Å². The third kappa shape index (κ3) is 6.99. The van der Waals surface area contributed by atoms with E-state index in [1.54, 1.807) is 53.6 Å². The number of furan rings is 1. The zero-order valence-corrected chi connectivity index (χ0v) is 22.6. The summed E-state index contributed by atoms with van der Waals surface area (Å²) in [6.45, 7) is 4.25. The molecule has 0 aliphatic carbocycles. The van der Waals surface area contributed by atoms with Crippen LogP contribution in [0.4, 0.5) is 0 Å². The van der Waals surface area contributed by atoms with Crippen molar-refractivity contribution in [1.82, 2.24) is 14.1 Å². The van der Waals surface area contributed by atoms with Gasteiger partial charge in [-0.05, 0) is 54.9 Å². The van der Waals surface area contributed by atoms with Crippen molar-refractivity contribution in [2.75, 3.05) is 52.7 Å². The summed E-state index contributed by atoms with van der Waals surface area (Å²) in [5.41, 5.74) is 0.837. The van der Waals surface area contributed by atoms with E-state index in [0.29, 0.717) is 36.9 Å². The predicted molar refractivity (Wildman–Crippen MR) is 143 cm³/mol. The summed E-state index contributed by atoms with van der Waals surface area (Å²) in [7, 11) is -3.89. The molecule has 10 nitrogen and oxygen atoms in total. The molecular weight excluding hydrogens is 522 g/mol. The van der Waals surface area contributed by atoms with E-state index in [9.17, 15) is 13.2 Å². The number of nitrogens with zero attached hydrogens (tertiary/aromatic N) is 3. The lowest BCUT2D eigenvalue weighted by atomic mass is 10.2. The molecule has 1 fully saturated rings. The Balaban J connectivity index is 1.34. The van der Waals surface area contributed by atoms with Crippen LogP contribution >= 0.6 is 0 Å². The summed E-state index contributed by atoms with van der Waals surface area (Å²) in [5.74, 6) is 1.56. The number of carbonyl (C=O) groups is 1. The first-order chi connectivity index (χ1) is 19.0. The zero-order chi connectivity index (χ0) is 27.1. The van der Waals surface area contributed by atoms with Crippen molar-refractivity contribution in [1.29, 1.82) is 0 Å². The number of carbonyl (C=O) groups excluding carboxylic acids is 1. The van der Waals surface area contributed by atoms with E-state index in [2.05, 4.69) is 4.90 Å². The van der Waals surface area contributed by atoms with Gasteiger partial charge in [-0.15, -0.1) is 0 Å². The molecule has 1 aromatic heterocycles. The molecule has 2 aliphatic rings. The molecule has 3 aromatic rings. The summed E-state index contributed by atoms with van der Waals surface area (Å²) in [6, 6.07) is 17.3. The number of amides is 1. The van der Waals surface area contributed by atoms with Gasteiger partial charge in [-0.25, -0.2) is 8.42 Å². The van der Waals surface area contributed by atoms with E-state index in [0.717, 1.165) is 25.2 Å². The highest BCUT2D eigenvalue weighted by Gasteiger charge is 2.29. The first-order valence-electron chi connectivity index (χ1n) is 13.0. The van der Waals surface area contributed by atoms with E-state index in [1.807, 2.05) is 18.2 Å². The van der Waals surface area contributed by atoms with E-state index < -0.39 is 10.0 Å². The van der Waals surface area contributed by atoms with E-state index >= 15 is 0 Å². The summed E-state index contributed by atoms with van der Waals surface area (Å²) in [4.78, 5) is 17.8. The number of fused-ring (bicyclic) bond motifs is 1. The van der Waals surface area contributed by atoms with Crippen LogP contribution in [0.5, 0.6) is 11.5 Å². The van der Waals surface area contributed by atoms with Crippen LogP contribution in [0.15, 0.2) is 76.2 Å². The van der Waals surface area contributed by atoms with Gasteiger partial charge in [0.1, 0.15) is 5.76 Å². The largest absolute Gasteiger partial charge is 0.467 e. The number of hydrogen-bond donors (Lipinski definition) is 0. The van der Waals surface area contributed by atoms with Crippen molar-refractivity contribution >= 4 is 15.9 Å². The van der Waals surface area contributed by atoms with Crippen molar-refractivity contribution in [2.24, 2.45) is 0 Å². The Morgan fingerprint density at radius 1 is 0.923 bits per heavy atom. The summed E-state index contributed by atoms with van der Waals surface area (Å²) in [5, 5.41) is 0. The maximum Gasteiger partial charge on any atom is 0.243 e. The van der Waals surface area contributed by atoms with Crippen LogP contribution in [0, 0.1) is 0 Å².